The van der Waals surface area contributed by atoms with Crippen molar-refractivity contribution in [3.05, 3.63) is 18.6 Å². The highest BCUT2D eigenvalue weighted by Crippen LogP contribution is 2.13. The Labute approximate surface area is 62.2 Å². The Morgan fingerprint density at radius 2 is 2.09 bits per heavy atom. The Bertz CT molecular complexity index is 361. The standard InChI is InChI=1S/C6H5BO4/c8-7(9)4-3-11-5-1-2-10-6(4)5/h1-3,8-9H. The molecule has 0 bridgehead atoms. The van der Waals surface area contributed by atoms with E-state index in [1.165, 1.54) is 12.5 Å². The SMILES string of the molecule is OB(O)c1coc2ccoc12. The average Bonchev–Trinajstić information content (AvgIpc) is 2.41. The van der Waals surface area contributed by atoms with Crippen LogP contribution in [0.3, 0.4) is 0 Å². The second-order valence-corrected chi connectivity index (χ2v) is 2.18. The minimum absolute atomic E-state index is 0.255. The first-order valence-corrected chi connectivity index (χ1v) is 3.10. The molecule has 0 aliphatic rings. The van der Waals surface area contributed by atoms with Crippen LogP contribution in [0.4, 0.5) is 0 Å². The lowest BCUT2D eigenvalue weighted by Gasteiger charge is -1.88. The Morgan fingerprint density at radius 1 is 1.27 bits per heavy atom. The molecular formula is C6H5BO4. The molecule has 2 aromatic rings. The Balaban J connectivity index is 2.68. The Hall–Kier alpha value is -1.20. The third kappa shape index (κ3) is 0.858. The molecule has 2 N–H and O–H groups in total. The molecule has 2 aromatic heterocycles. The van der Waals surface area contributed by atoms with Gasteiger partial charge in [0, 0.05) is 6.07 Å². The fourth-order valence-electron chi connectivity index (χ4n) is 0.959. The lowest BCUT2D eigenvalue weighted by atomic mass is 9.82. The molecule has 0 aromatic carbocycles. The predicted molar refractivity (Wildman–Crippen MR) is 38.3 cm³/mol. The van der Waals surface area contributed by atoms with Crippen molar-refractivity contribution in [2.45, 2.75) is 0 Å². The summed E-state index contributed by atoms with van der Waals surface area (Å²) in [5.41, 5.74) is 1.16. The van der Waals surface area contributed by atoms with Gasteiger partial charge in [-0.3, -0.25) is 0 Å². The van der Waals surface area contributed by atoms with E-state index in [0.717, 1.165) is 0 Å². The van der Waals surface area contributed by atoms with E-state index in [1.54, 1.807) is 6.07 Å². The zero-order chi connectivity index (χ0) is 7.84. The maximum atomic E-state index is 8.76. The van der Waals surface area contributed by atoms with Crippen LogP contribution in [-0.4, -0.2) is 17.2 Å². The van der Waals surface area contributed by atoms with Crippen LogP contribution >= 0.6 is 0 Å². The van der Waals surface area contributed by atoms with E-state index in [4.69, 9.17) is 18.9 Å². The van der Waals surface area contributed by atoms with Gasteiger partial charge in [-0.05, 0) is 0 Å². The summed E-state index contributed by atoms with van der Waals surface area (Å²) in [5.74, 6) is 0. The van der Waals surface area contributed by atoms with Gasteiger partial charge in [-0.25, -0.2) is 0 Å². The van der Waals surface area contributed by atoms with E-state index in [0.29, 0.717) is 11.2 Å². The molecule has 56 valence electrons. The van der Waals surface area contributed by atoms with Crippen molar-refractivity contribution in [3.63, 3.8) is 0 Å². The zero-order valence-electron chi connectivity index (χ0n) is 5.52. The summed E-state index contributed by atoms with van der Waals surface area (Å²) in [6.07, 6.45) is 2.69. The molecule has 11 heavy (non-hydrogen) atoms. The molecule has 0 atom stereocenters. The fraction of sp³-hybridized carbons (Fsp3) is 0. The second kappa shape index (κ2) is 2.15. The molecule has 0 amide bonds. The van der Waals surface area contributed by atoms with Crippen LogP contribution in [0.2, 0.25) is 0 Å². The van der Waals surface area contributed by atoms with Crippen molar-refractivity contribution in [2.75, 3.05) is 0 Å². The van der Waals surface area contributed by atoms with Gasteiger partial charge in [0.15, 0.2) is 11.2 Å². The molecule has 2 heterocycles. The molecule has 0 saturated heterocycles. The van der Waals surface area contributed by atoms with E-state index in [1.807, 2.05) is 0 Å². The maximum Gasteiger partial charge on any atom is 0.495 e. The van der Waals surface area contributed by atoms with Gasteiger partial charge < -0.3 is 18.9 Å². The lowest BCUT2D eigenvalue weighted by molar-refractivity contribution is 0.424. The van der Waals surface area contributed by atoms with Crippen molar-refractivity contribution in [3.8, 4) is 0 Å². The van der Waals surface area contributed by atoms with Crippen molar-refractivity contribution in [2.24, 2.45) is 0 Å². The van der Waals surface area contributed by atoms with Gasteiger partial charge in [0.1, 0.15) is 0 Å². The number of rotatable bonds is 1. The van der Waals surface area contributed by atoms with Gasteiger partial charge in [-0.2, -0.15) is 0 Å². The van der Waals surface area contributed by atoms with Gasteiger partial charge in [-0.15, -0.1) is 0 Å². The first-order valence-electron chi connectivity index (χ1n) is 3.10. The van der Waals surface area contributed by atoms with Gasteiger partial charge in [-0.1, -0.05) is 0 Å². The molecule has 0 fully saturated rings. The van der Waals surface area contributed by atoms with Crippen molar-refractivity contribution in [1.29, 1.82) is 0 Å². The molecule has 5 heteroatoms. The highest BCUT2D eigenvalue weighted by atomic mass is 16.4. The number of hydrogen-bond acceptors (Lipinski definition) is 4. The molecule has 2 rings (SSSR count). The van der Waals surface area contributed by atoms with Crippen LogP contribution in [0.25, 0.3) is 11.2 Å². The zero-order valence-corrected chi connectivity index (χ0v) is 5.52. The van der Waals surface area contributed by atoms with E-state index in [2.05, 4.69) is 0 Å². The van der Waals surface area contributed by atoms with Crippen molar-refractivity contribution < 1.29 is 18.9 Å². The summed E-state index contributed by atoms with van der Waals surface area (Å²) in [4.78, 5) is 0. The van der Waals surface area contributed by atoms with Crippen LogP contribution in [0, 0.1) is 0 Å². The van der Waals surface area contributed by atoms with E-state index in [9.17, 15) is 0 Å². The minimum atomic E-state index is -1.54. The van der Waals surface area contributed by atoms with Gasteiger partial charge >= 0.3 is 7.12 Å². The molecule has 0 unspecified atom stereocenters. The smallest absolute Gasteiger partial charge is 0.461 e. The summed E-state index contributed by atoms with van der Waals surface area (Å²) in [7, 11) is -1.54. The van der Waals surface area contributed by atoms with E-state index >= 15 is 0 Å². The topological polar surface area (TPSA) is 66.7 Å². The quantitative estimate of drug-likeness (QED) is 0.550. The number of furan rings is 2. The minimum Gasteiger partial charge on any atom is -0.461 e. The third-order valence-corrected chi connectivity index (χ3v) is 1.48. The van der Waals surface area contributed by atoms with Crippen molar-refractivity contribution >= 4 is 23.7 Å². The van der Waals surface area contributed by atoms with Gasteiger partial charge in [0.25, 0.3) is 0 Å². The van der Waals surface area contributed by atoms with Crippen LogP contribution in [0.5, 0.6) is 0 Å². The monoisotopic (exact) mass is 152 g/mol. The van der Waals surface area contributed by atoms with Gasteiger partial charge in [0.05, 0.1) is 18.0 Å². The summed E-state index contributed by atoms with van der Waals surface area (Å²) >= 11 is 0. The van der Waals surface area contributed by atoms with E-state index < -0.39 is 7.12 Å². The highest BCUT2D eigenvalue weighted by molar-refractivity contribution is 6.61. The molecule has 4 nitrogen and oxygen atoms in total. The van der Waals surface area contributed by atoms with Gasteiger partial charge in [0.2, 0.25) is 0 Å². The number of fused-ring (bicyclic) bond motifs is 1. The molecule has 0 aliphatic carbocycles. The second-order valence-electron chi connectivity index (χ2n) is 2.18. The van der Waals surface area contributed by atoms with Crippen molar-refractivity contribution in [1.82, 2.24) is 0 Å². The van der Waals surface area contributed by atoms with Crippen LogP contribution < -0.4 is 5.46 Å². The third-order valence-electron chi connectivity index (χ3n) is 1.48. The normalized spacial score (nSPS) is 10.7. The summed E-state index contributed by atoms with van der Waals surface area (Å²) in [6, 6.07) is 1.61. The Kier molecular flexibility index (Phi) is 1.27. The fourth-order valence-corrected chi connectivity index (χ4v) is 0.959. The Morgan fingerprint density at radius 3 is 2.82 bits per heavy atom. The average molecular weight is 152 g/mol. The van der Waals surface area contributed by atoms with Crippen LogP contribution in [0.1, 0.15) is 0 Å². The summed E-state index contributed by atoms with van der Waals surface area (Å²) in [5, 5.41) is 17.5. The maximum absolute atomic E-state index is 8.76. The molecule has 0 aliphatic heterocycles. The molecular weight excluding hydrogens is 147 g/mol. The summed E-state index contributed by atoms with van der Waals surface area (Å²) < 4.78 is 9.87. The largest absolute Gasteiger partial charge is 0.495 e. The number of hydrogen-bond donors (Lipinski definition) is 2. The molecule has 0 saturated carbocycles. The molecule has 0 radical (unpaired) electrons. The lowest BCUT2D eigenvalue weighted by Crippen LogP contribution is -2.28. The van der Waals surface area contributed by atoms with Crippen LogP contribution in [-0.2, 0) is 0 Å². The molecule has 0 spiro atoms. The predicted octanol–water partition coefficient (Wildman–Crippen LogP) is -0.294. The first-order chi connectivity index (χ1) is 5.29. The summed E-state index contributed by atoms with van der Waals surface area (Å²) in [6.45, 7) is 0. The highest BCUT2D eigenvalue weighted by Gasteiger charge is 2.19. The van der Waals surface area contributed by atoms with E-state index in [-0.39, 0.29) is 5.46 Å². The van der Waals surface area contributed by atoms with Crippen LogP contribution in [0.15, 0.2) is 27.4 Å². The first kappa shape index (κ1) is 6.51.